The summed E-state index contributed by atoms with van der Waals surface area (Å²) in [6.45, 7) is 4.69. The highest BCUT2D eigenvalue weighted by atomic mass is 35.5. The van der Waals surface area contributed by atoms with E-state index in [1.54, 1.807) is 0 Å². The molecule has 0 aromatic heterocycles. The molecule has 2 N–H and O–H groups in total. The Hall–Kier alpha value is -1.30. The lowest BCUT2D eigenvalue weighted by molar-refractivity contribution is 0.0668. The number of nitrogens with zero attached hydrogens (tertiary/aromatic N) is 1. The van der Waals surface area contributed by atoms with Gasteiger partial charge in [-0.3, -0.25) is 0 Å². The molecular formula is C18H26ClN3O2. The summed E-state index contributed by atoms with van der Waals surface area (Å²) in [6.07, 6.45) is 3.06. The number of rotatable bonds is 3. The predicted molar refractivity (Wildman–Crippen MR) is 95.6 cm³/mol. The lowest BCUT2D eigenvalue weighted by atomic mass is 9.89. The van der Waals surface area contributed by atoms with Gasteiger partial charge in [0.25, 0.3) is 0 Å². The average molecular weight is 352 g/mol. The molecule has 1 aromatic rings. The first kappa shape index (κ1) is 17.5. The Morgan fingerprint density at radius 1 is 1.38 bits per heavy atom. The van der Waals surface area contributed by atoms with E-state index >= 15 is 0 Å². The Labute approximate surface area is 148 Å². The van der Waals surface area contributed by atoms with Crippen LogP contribution in [0, 0.1) is 0 Å². The van der Waals surface area contributed by atoms with Crippen LogP contribution in [0.2, 0.25) is 5.02 Å². The van der Waals surface area contributed by atoms with Gasteiger partial charge in [0.15, 0.2) is 0 Å². The van der Waals surface area contributed by atoms with Gasteiger partial charge < -0.3 is 20.3 Å². The fourth-order valence-corrected chi connectivity index (χ4v) is 3.59. The minimum atomic E-state index is 0.0207. The monoisotopic (exact) mass is 351 g/mol. The Morgan fingerprint density at radius 3 is 3.00 bits per heavy atom. The Balaban J connectivity index is 1.43. The number of piperidine rings is 1. The van der Waals surface area contributed by atoms with Crippen molar-refractivity contribution in [2.75, 3.05) is 39.3 Å². The van der Waals surface area contributed by atoms with Crippen LogP contribution in [0.3, 0.4) is 0 Å². The van der Waals surface area contributed by atoms with Gasteiger partial charge in [0.05, 0.1) is 6.10 Å². The highest BCUT2D eigenvalue weighted by molar-refractivity contribution is 6.30. The number of ether oxygens (including phenoxy) is 1. The Bertz CT molecular complexity index is 539. The molecule has 2 fully saturated rings. The molecule has 24 heavy (non-hydrogen) atoms. The van der Waals surface area contributed by atoms with E-state index in [0.717, 1.165) is 57.1 Å². The summed E-state index contributed by atoms with van der Waals surface area (Å²) in [5, 5.41) is 7.12. The quantitative estimate of drug-likeness (QED) is 0.880. The molecule has 3 rings (SSSR count). The van der Waals surface area contributed by atoms with Gasteiger partial charge in [0.2, 0.25) is 0 Å². The number of nitrogens with one attached hydrogen (secondary N) is 2. The number of likely N-dealkylation sites (tertiary alicyclic amines) is 1. The van der Waals surface area contributed by atoms with Crippen LogP contribution in [0.5, 0.6) is 0 Å². The summed E-state index contributed by atoms with van der Waals surface area (Å²) in [6, 6.07) is 8.09. The van der Waals surface area contributed by atoms with E-state index < -0.39 is 0 Å². The molecular weight excluding hydrogens is 326 g/mol. The molecule has 1 atom stereocenters. The zero-order valence-electron chi connectivity index (χ0n) is 14.0. The van der Waals surface area contributed by atoms with E-state index in [2.05, 4.69) is 16.7 Å². The molecule has 6 heteroatoms. The van der Waals surface area contributed by atoms with Crippen molar-refractivity contribution in [2.45, 2.75) is 31.3 Å². The first-order chi connectivity index (χ1) is 11.7. The molecule has 0 bridgehead atoms. The van der Waals surface area contributed by atoms with Crippen LogP contribution in [0.1, 0.15) is 30.7 Å². The number of amides is 2. The second-order valence-corrected chi connectivity index (χ2v) is 6.99. The lowest BCUT2D eigenvalue weighted by Crippen LogP contribution is -2.47. The van der Waals surface area contributed by atoms with E-state index in [4.69, 9.17) is 16.3 Å². The van der Waals surface area contributed by atoms with Crippen molar-refractivity contribution < 1.29 is 9.53 Å². The smallest absolute Gasteiger partial charge is 0.317 e. The average Bonchev–Trinajstić information content (AvgIpc) is 2.89. The molecule has 0 aliphatic carbocycles. The summed E-state index contributed by atoms with van der Waals surface area (Å²) >= 11 is 6.08. The van der Waals surface area contributed by atoms with Crippen molar-refractivity contribution in [1.82, 2.24) is 15.5 Å². The van der Waals surface area contributed by atoms with E-state index in [0.29, 0.717) is 12.5 Å². The summed E-state index contributed by atoms with van der Waals surface area (Å²) in [4.78, 5) is 14.2. The fourth-order valence-electron chi connectivity index (χ4n) is 3.39. The van der Waals surface area contributed by atoms with Gasteiger partial charge in [-0.15, -0.1) is 0 Å². The molecule has 2 amide bonds. The van der Waals surface area contributed by atoms with Gasteiger partial charge in [0, 0.05) is 37.8 Å². The SMILES string of the molecule is O=C(NCC1CNCCCO1)N1CCC(c2cccc(Cl)c2)CC1. The molecule has 0 saturated carbocycles. The van der Waals surface area contributed by atoms with Crippen molar-refractivity contribution in [1.29, 1.82) is 0 Å². The Kier molecular flexibility index (Phi) is 6.35. The number of hydrogen-bond donors (Lipinski definition) is 2. The molecule has 2 heterocycles. The topological polar surface area (TPSA) is 53.6 Å². The summed E-state index contributed by atoms with van der Waals surface area (Å²) < 4.78 is 5.72. The van der Waals surface area contributed by atoms with E-state index in [9.17, 15) is 4.79 Å². The number of urea groups is 1. The molecule has 2 aliphatic rings. The van der Waals surface area contributed by atoms with Crippen molar-refractivity contribution >= 4 is 17.6 Å². The molecule has 1 unspecified atom stereocenters. The van der Waals surface area contributed by atoms with Crippen molar-refractivity contribution in [3.8, 4) is 0 Å². The Morgan fingerprint density at radius 2 is 2.21 bits per heavy atom. The van der Waals surface area contributed by atoms with Crippen LogP contribution < -0.4 is 10.6 Å². The highest BCUT2D eigenvalue weighted by Crippen LogP contribution is 2.29. The van der Waals surface area contributed by atoms with Gasteiger partial charge in [-0.2, -0.15) is 0 Å². The van der Waals surface area contributed by atoms with Crippen LogP contribution in [-0.4, -0.2) is 56.4 Å². The van der Waals surface area contributed by atoms with Crippen LogP contribution in [-0.2, 0) is 4.74 Å². The predicted octanol–water partition coefficient (Wildman–Crippen LogP) is 2.61. The maximum absolute atomic E-state index is 12.3. The minimum absolute atomic E-state index is 0.0207. The third-order valence-corrected chi connectivity index (χ3v) is 5.04. The molecule has 132 valence electrons. The first-order valence-electron chi connectivity index (χ1n) is 8.83. The van der Waals surface area contributed by atoms with Gasteiger partial charge in [-0.05, 0) is 49.4 Å². The van der Waals surface area contributed by atoms with Crippen LogP contribution in [0.4, 0.5) is 4.79 Å². The van der Waals surface area contributed by atoms with Crippen molar-refractivity contribution in [3.05, 3.63) is 34.9 Å². The highest BCUT2D eigenvalue weighted by Gasteiger charge is 2.24. The molecule has 0 spiro atoms. The fraction of sp³-hybridized carbons (Fsp3) is 0.611. The summed E-state index contributed by atoms with van der Waals surface area (Å²) in [5.41, 5.74) is 1.28. The zero-order chi connectivity index (χ0) is 16.8. The summed E-state index contributed by atoms with van der Waals surface area (Å²) in [7, 11) is 0. The van der Waals surface area contributed by atoms with E-state index in [1.807, 2.05) is 23.1 Å². The van der Waals surface area contributed by atoms with Crippen molar-refractivity contribution in [2.24, 2.45) is 0 Å². The number of carbonyl (C=O) groups excluding carboxylic acids is 1. The van der Waals surface area contributed by atoms with E-state index in [1.165, 1.54) is 5.56 Å². The van der Waals surface area contributed by atoms with Gasteiger partial charge in [-0.25, -0.2) is 4.79 Å². The van der Waals surface area contributed by atoms with Crippen LogP contribution >= 0.6 is 11.6 Å². The normalized spacial score (nSPS) is 22.9. The third-order valence-electron chi connectivity index (χ3n) is 4.81. The van der Waals surface area contributed by atoms with Gasteiger partial charge >= 0.3 is 6.03 Å². The largest absolute Gasteiger partial charge is 0.375 e. The van der Waals surface area contributed by atoms with Crippen molar-refractivity contribution in [3.63, 3.8) is 0 Å². The molecule has 0 radical (unpaired) electrons. The maximum Gasteiger partial charge on any atom is 0.317 e. The lowest BCUT2D eigenvalue weighted by Gasteiger charge is -2.32. The van der Waals surface area contributed by atoms with E-state index in [-0.39, 0.29) is 12.1 Å². The number of hydrogen-bond acceptors (Lipinski definition) is 3. The van der Waals surface area contributed by atoms with Crippen LogP contribution in [0.25, 0.3) is 0 Å². The molecule has 2 aliphatic heterocycles. The number of halogens is 1. The molecule has 1 aromatic carbocycles. The standard InChI is InChI=1S/C18H26ClN3O2/c19-16-4-1-3-15(11-16)14-5-8-22(9-6-14)18(23)21-13-17-12-20-7-2-10-24-17/h1,3-4,11,14,17,20H,2,5-10,12-13H2,(H,21,23). The maximum atomic E-state index is 12.3. The molecule has 5 nitrogen and oxygen atoms in total. The summed E-state index contributed by atoms with van der Waals surface area (Å²) in [5.74, 6) is 0.488. The minimum Gasteiger partial charge on any atom is -0.375 e. The number of benzene rings is 1. The van der Waals surface area contributed by atoms with Gasteiger partial charge in [-0.1, -0.05) is 23.7 Å². The van der Waals surface area contributed by atoms with Gasteiger partial charge in [0.1, 0.15) is 0 Å². The second-order valence-electron chi connectivity index (χ2n) is 6.55. The van der Waals surface area contributed by atoms with Crippen LogP contribution in [0.15, 0.2) is 24.3 Å². The number of carbonyl (C=O) groups is 1. The first-order valence-corrected chi connectivity index (χ1v) is 9.21. The zero-order valence-corrected chi connectivity index (χ0v) is 14.7. The second kappa shape index (κ2) is 8.70. The molecule has 2 saturated heterocycles. The third kappa shape index (κ3) is 4.85.